The molecule has 4 rings (SSSR count). The molecule has 0 aliphatic carbocycles. The van der Waals surface area contributed by atoms with Gasteiger partial charge in [0.15, 0.2) is 4.80 Å². The van der Waals surface area contributed by atoms with E-state index in [0.29, 0.717) is 48.8 Å². The predicted molar refractivity (Wildman–Crippen MR) is 144 cm³/mol. The number of benzene rings is 2. The molecule has 0 spiro atoms. The van der Waals surface area contributed by atoms with Gasteiger partial charge in [-0.15, -0.1) is 0 Å². The summed E-state index contributed by atoms with van der Waals surface area (Å²) in [4.78, 5) is 34.1. The Morgan fingerprint density at radius 2 is 1.89 bits per heavy atom. The molecule has 3 aromatic rings. The topological polar surface area (TPSA) is 74.9 Å². The van der Waals surface area contributed by atoms with Gasteiger partial charge in [0.05, 0.1) is 26.9 Å². The highest BCUT2D eigenvalue weighted by molar-refractivity contribution is 9.10. The molecule has 0 bridgehead atoms. The number of aromatic hydroxyl groups is 1. The van der Waals surface area contributed by atoms with E-state index in [1.54, 1.807) is 46.7 Å². The summed E-state index contributed by atoms with van der Waals surface area (Å²) in [6.07, 6.45) is 1.58. The van der Waals surface area contributed by atoms with Crippen molar-refractivity contribution < 1.29 is 9.90 Å². The first kappa shape index (κ1) is 25.7. The normalized spacial score (nSPS) is 15.7. The SMILES string of the molecule is CCN(CC)C(=O)C1=C(C)N=c2s/c(=C/c3cc(Br)cc(Cl)c3O)c(=O)n2[C@H]1c1ccc(Cl)cc1. The molecule has 0 saturated heterocycles. The number of carbonyl (C=O) groups is 1. The van der Waals surface area contributed by atoms with Crippen molar-refractivity contribution in [3.63, 3.8) is 0 Å². The molecule has 0 saturated carbocycles. The highest BCUT2D eigenvalue weighted by atomic mass is 79.9. The van der Waals surface area contributed by atoms with Gasteiger partial charge in [-0.3, -0.25) is 14.2 Å². The molecule has 1 amide bonds. The van der Waals surface area contributed by atoms with Crippen LogP contribution in [-0.4, -0.2) is 33.6 Å². The first-order valence-electron chi connectivity index (χ1n) is 10.9. The quantitative estimate of drug-likeness (QED) is 0.457. The molecular formula is C25H22BrCl2N3O3S. The molecular weight excluding hydrogens is 573 g/mol. The number of fused-ring (bicyclic) bond motifs is 1. The number of nitrogens with zero attached hydrogens (tertiary/aromatic N) is 3. The van der Waals surface area contributed by atoms with Crippen LogP contribution in [0.2, 0.25) is 10.0 Å². The number of thiazole rings is 1. The van der Waals surface area contributed by atoms with E-state index in [9.17, 15) is 14.7 Å². The van der Waals surface area contributed by atoms with Crippen molar-refractivity contribution in [3.8, 4) is 5.75 Å². The zero-order valence-electron chi connectivity index (χ0n) is 19.2. The summed E-state index contributed by atoms with van der Waals surface area (Å²) in [6.45, 7) is 6.69. The minimum atomic E-state index is -0.668. The molecule has 2 aromatic carbocycles. The number of likely N-dealkylation sites (N-methyl/N-ethyl adjacent to an activating group) is 1. The molecule has 1 aromatic heterocycles. The number of phenols is 1. The second kappa shape index (κ2) is 10.3. The van der Waals surface area contributed by atoms with Crippen LogP contribution >= 0.6 is 50.5 Å². The summed E-state index contributed by atoms with van der Waals surface area (Å²) in [5.41, 5.74) is 1.83. The molecule has 1 N–H and O–H groups in total. The van der Waals surface area contributed by atoms with Crippen LogP contribution in [0.25, 0.3) is 6.08 Å². The summed E-state index contributed by atoms with van der Waals surface area (Å²) in [7, 11) is 0. The summed E-state index contributed by atoms with van der Waals surface area (Å²) >= 11 is 16.8. The predicted octanol–water partition coefficient (Wildman–Crippen LogP) is 4.88. The standard InChI is InChI=1S/C25H22BrCl2N3O3S/c1-4-30(5-2)24(34)20-13(3)29-25-31(21(20)14-6-8-17(27)9-7-14)23(33)19(35-25)11-15-10-16(26)12-18(28)22(15)32/h6-12,21,32H,4-5H2,1-3H3/b19-11+/t21-/m0/s1. The fourth-order valence-corrected chi connectivity index (χ4v) is 6.07. The first-order valence-corrected chi connectivity index (χ1v) is 13.3. The van der Waals surface area contributed by atoms with Gasteiger partial charge in [0.1, 0.15) is 5.75 Å². The van der Waals surface area contributed by atoms with E-state index in [2.05, 4.69) is 20.9 Å². The van der Waals surface area contributed by atoms with E-state index in [4.69, 9.17) is 23.2 Å². The summed E-state index contributed by atoms with van der Waals surface area (Å²) in [5.74, 6) is -0.287. The maximum atomic E-state index is 13.7. The van der Waals surface area contributed by atoms with E-state index >= 15 is 0 Å². The Morgan fingerprint density at radius 1 is 1.23 bits per heavy atom. The molecule has 1 aliphatic rings. The van der Waals surface area contributed by atoms with Gasteiger partial charge in [-0.2, -0.15) is 0 Å². The van der Waals surface area contributed by atoms with Gasteiger partial charge in [-0.05, 0) is 56.7 Å². The van der Waals surface area contributed by atoms with Crippen molar-refractivity contribution in [2.75, 3.05) is 13.1 Å². The third kappa shape index (κ3) is 4.85. The largest absolute Gasteiger partial charge is 0.506 e. The van der Waals surface area contributed by atoms with Gasteiger partial charge in [0.2, 0.25) is 0 Å². The Bertz CT molecular complexity index is 1520. The zero-order valence-corrected chi connectivity index (χ0v) is 23.1. The molecule has 35 heavy (non-hydrogen) atoms. The number of hydrogen-bond donors (Lipinski definition) is 1. The van der Waals surface area contributed by atoms with E-state index in [1.165, 1.54) is 11.3 Å². The van der Waals surface area contributed by atoms with Crippen molar-refractivity contribution in [2.45, 2.75) is 26.8 Å². The van der Waals surface area contributed by atoms with Crippen LogP contribution in [0.15, 0.2) is 61.9 Å². The molecule has 6 nitrogen and oxygen atoms in total. The lowest BCUT2D eigenvalue weighted by Gasteiger charge is -2.29. The highest BCUT2D eigenvalue weighted by Crippen LogP contribution is 2.33. The second-order valence-corrected chi connectivity index (χ2v) is 10.7. The number of carbonyl (C=O) groups excluding carboxylic acids is 1. The Labute approximate surface area is 224 Å². The molecule has 0 unspecified atom stereocenters. The monoisotopic (exact) mass is 593 g/mol. The third-order valence-corrected chi connectivity index (χ3v) is 7.81. The second-order valence-electron chi connectivity index (χ2n) is 7.94. The summed E-state index contributed by atoms with van der Waals surface area (Å²) in [5, 5.41) is 11.1. The molecule has 0 fully saturated rings. The van der Waals surface area contributed by atoms with Gasteiger partial charge in [0.25, 0.3) is 11.5 Å². The fourth-order valence-electron chi connectivity index (χ4n) is 4.07. The number of halogens is 3. The fraction of sp³-hybridized carbons (Fsp3) is 0.240. The van der Waals surface area contributed by atoms with Gasteiger partial charge in [-0.1, -0.05) is 62.6 Å². The minimum absolute atomic E-state index is 0.122. The van der Waals surface area contributed by atoms with Crippen LogP contribution in [0.4, 0.5) is 0 Å². The van der Waals surface area contributed by atoms with E-state index in [0.717, 1.165) is 5.56 Å². The lowest BCUT2D eigenvalue weighted by Crippen LogP contribution is -2.43. The highest BCUT2D eigenvalue weighted by Gasteiger charge is 2.34. The number of rotatable bonds is 5. The number of amides is 1. The van der Waals surface area contributed by atoms with Gasteiger partial charge in [-0.25, -0.2) is 4.99 Å². The van der Waals surface area contributed by atoms with Crippen LogP contribution in [0.3, 0.4) is 0 Å². The van der Waals surface area contributed by atoms with Crippen LogP contribution in [0, 0.1) is 0 Å². The lowest BCUT2D eigenvalue weighted by molar-refractivity contribution is -0.127. The summed E-state index contributed by atoms with van der Waals surface area (Å²) < 4.78 is 2.57. The number of phenolic OH excluding ortho intramolecular Hbond substituents is 1. The van der Waals surface area contributed by atoms with E-state index in [-0.39, 0.29) is 22.2 Å². The zero-order chi connectivity index (χ0) is 25.4. The van der Waals surface area contributed by atoms with Crippen LogP contribution in [0.1, 0.15) is 37.9 Å². The van der Waals surface area contributed by atoms with Crippen molar-refractivity contribution in [3.05, 3.63) is 93.0 Å². The average Bonchev–Trinajstić information content (AvgIpc) is 3.12. The number of allylic oxidation sites excluding steroid dienone is 1. The van der Waals surface area contributed by atoms with Crippen LogP contribution in [-0.2, 0) is 4.79 Å². The van der Waals surface area contributed by atoms with Gasteiger partial charge >= 0.3 is 0 Å². The molecule has 10 heteroatoms. The molecule has 182 valence electrons. The lowest BCUT2D eigenvalue weighted by atomic mass is 9.94. The first-order chi connectivity index (χ1) is 16.7. The molecule has 1 atom stereocenters. The Balaban J connectivity index is 1.99. The number of aromatic nitrogens is 1. The van der Waals surface area contributed by atoms with Gasteiger partial charge in [0, 0.05) is 28.1 Å². The maximum absolute atomic E-state index is 13.7. The average molecular weight is 595 g/mol. The molecule has 1 aliphatic heterocycles. The Hall–Kier alpha value is -2.39. The van der Waals surface area contributed by atoms with Crippen molar-refractivity contribution in [1.82, 2.24) is 9.47 Å². The molecule has 2 heterocycles. The van der Waals surface area contributed by atoms with Crippen molar-refractivity contribution in [2.24, 2.45) is 4.99 Å². The third-order valence-electron chi connectivity index (χ3n) is 5.83. The minimum Gasteiger partial charge on any atom is -0.506 e. The van der Waals surface area contributed by atoms with Crippen LogP contribution in [0.5, 0.6) is 5.75 Å². The Kier molecular flexibility index (Phi) is 7.57. The number of hydrogen-bond acceptors (Lipinski definition) is 5. The van der Waals surface area contributed by atoms with Crippen molar-refractivity contribution >= 4 is 62.5 Å². The van der Waals surface area contributed by atoms with E-state index < -0.39 is 6.04 Å². The summed E-state index contributed by atoms with van der Waals surface area (Å²) in [6, 6.07) is 9.70. The molecule has 0 radical (unpaired) electrons. The van der Waals surface area contributed by atoms with E-state index in [1.807, 2.05) is 26.0 Å². The smallest absolute Gasteiger partial charge is 0.271 e. The maximum Gasteiger partial charge on any atom is 0.271 e. The van der Waals surface area contributed by atoms with Crippen molar-refractivity contribution in [1.29, 1.82) is 0 Å². The van der Waals surface area contributed by atoms with Gasteiger partial charge < -0.3 is 10.0 Å². The van der Waals surface area contributed by atoms with Crippen LogP contribution < -0.4 is 14.9 Å². The Morgan fingerprint density at radius 3 is 2.51 bits per heavy atom.